The van der Waals surface area contributed by atoms with E-state index in [1.165, 1.54) is 6.42 Å². The number of carbonyl (C=O) groups excluding carboxylic acids is 1. The molecule has 1 saturated carbocycles. The number of aliphatic carboxylic acids is 1. The molecule has 0 aliphatic heterocycles. The average Bonchev–Trinajstić information content (AvgIpc) is 2.18. The Morgan fingerprint density at radius 1 is 1.25 bits per heavy atom. The summed E-state index contributed by atoms with van der Waals surface area (Å²) in [5, 5.41) is 8.86. The third-order valence-electron chi connectivity index (χ3n) is 3.16. The standard InChI is InChI=1S/C11H18O3S2/c12-9(8(7-15)10(13)14)6-11(16)4-2-1-3-5-11/h8,15-16H,1-7H2,(H,13,14). The van der Waals surface area contributed by atoms with Gasteiger partial charge in [0.15, 0.2) is 0 Å². The van der Waals surface area contributed by atoms with Gasteiger partial charge in [-0.25, -0.2) is 0 Å². The average molecular weight is 262 g/mol. The van der Waals surface area contributed by atoms with E-state index < -0.39 is 11.9 Å². The molecule has 0 heterocycles. The van der Waals surface area contributed by atoms with Crippen molar-refractivity contribution in [2.45, 2.75) is 43.3 Å². The summed E-state index contributed by atoms with van der Waals surface area (Å²) in [5.74, 6) is -2.22. The molecule has 1 aliphatic rings. The maximum absolute atomic E-state index is 11.8. The molecule has 3 nitrogen and oxygen atoms in total. The molecule has 1 N–H and O–H groups in total. The molecule has 0 saturated heterocycles. The molecular weight excluding hydrogens is 244 g/mol. The Morgan fingerprint density at radius 2 is 1.81 bits per heavy atom. The summed E-state index contributed by atoms with van der Waals surface area (Å²) in [6.45, 7) is 0. The van der Waals surface area contributed by atoms with Crippen molar-refractivity contribution in [2.75, 3.05) is 5.75 Å². The third-order valence-corrected chi connectivity index (χ3v) is 4.13. The van der Waals surface area contributed by atoms with Crippen LogP contribution in [0, 0.1) is 5.92 Å². The van der Waals surface area contributed by atoms with Crippen molar-refractivity contribution in [3.8, 4) is 0 Å². The fourth-order valence-electron chi connectivity index (χ4n) is 2.15. The first-order chi connectivity index (χ1) is 7.48. The van der Waals surface area contributed by atoms with Crippen LogP contribution in [0.15, 0.2) is 0 Å². The van der Waals surface area contributed by atoms with Crippen molar-refractivity contribution >= 4 is 37.0 Å². The summed E-state index contributed by atoms with van der Waals surface area (Å²) in [7, 11) is 0. The zero-order valence-corrected chi connectivity index (χ0v) is 11.0. The van der Waals surface area contributed by atoms with Gasteiger partial charge in [-0.15, -0.1) is 0 Å². The number of carboxylic acids is 1. The normalized spacial score (nSPS) is 21.4. The second-order valence-corrected chi connectivity index (χ2v) is 5.82. The molecule has 1 rings (SSSR count). The number of Topliss-reactive ketones (excluding diaryl/α,β-unsaturated/α-hetero) is 1. The van der Waals surface area contributed by atoms with E-state index in [0.717, 1.165) is 25.7 Å². The Hall–Kier alpha value is -0.160. The number of thiol groups is 2. The summed E-state index contributed by atoms with van der Waals surface area (Å²) in [6, 6.07) is 0. The topological polar surface area (TPSA) is 54.4 Å². The Morgan fingerprint density at radius 3 is 2.25 bits per heavy atom. The van der Waals surface area contributed by atoms with Gasteiger partial charge in [0.05, 0.1) is 0 Å². The highest BCUT2D eigenvalue weighted by atomic mass is 32.1. The second kappa shape index (κ2) is 5.96. The molecule has 92 valence electrons. The van der Waals surface area contributed by atoms with Gasteiger partial charge in [-0.3, -0.25) is 9.59 Å². The summed E-state index contributed by atoms with van der Waals surface area (Å²) >= 11 is 8.47. The molecule has 1 fully saturated rings. The second-order valence-electron chi connectivity index (χ2n) is 4.50. The molecule has 0 bridgehead atoms. The van der Waals surface area contributed by atoms with Gasteiger partial charge >= 0.3 is 5.97 Å². The third kappa shape index (κ3) is 3.70. The quantitative estimate of drug-likeness (QED) is 0.526. The van der Waals surface area contributed by atoms with Crippen molar-refractivity contribution in [1.82, 2.24) is 0 Å². The van der Waals surface area contributed by atoms with Crippen LogP contribution >= 0.6 is 25.3 Å². The van der Waals surface area contributed by atoms with Gasteiger partial charge in [-0.1, -0.05) is 19.3 Å². The van der Waals surface area contributed by atoms with Crippen LogP contribution in [0.25, 0.3) is 0 Å². The van der Waals surface area contributed by atoms with E-state index in [9.17, 15) is 9.59 Å². The molecule has 0 spiro atoms. The van der Waals surface area contributed by atoms with Crippen LogP contribution in [0.2, 0.25) is 0 Å². The summed E-state index contributed by atoms with van der Waals surface area (Å²) in [5.41, 5.74) is 0. The number of rotatable bonds is 5. The van der Waals surface area contributed by atoms with E-state index in [-0.39, 0.29) is 22.7 Å². The zero-order chi connectivity index (χ0) is 12.2. The number of hydrogen-bond acceptors (Lipinski definition) is 4. The summed E-state index contributed by atoms with van der Waals surface area (Å²) < 4.78 is -0.286. The predicted octanol–water partition coefficient (Wildman–Crippen LogP) is 2.21. The highest BCUT2D eigenvalue weighted by Gasteiger charge is 2.34. The number of carbonyl (C=O) groups is 2. The van der Waals surface area contributed by atoms with Gasteiger partial charge in [0.1, 0.15) is 11.7 Å². The number of ketones is 1. The molecule has 0 aromatic rings. The fraction of sp³-hybridized carbons (Fsp3) is 0.818. The molecule has 1 atom stereocenters. The van der Waals surface area contributed by atoms with Crippen LogP contribution in [0.4, 0.5) is 0 Å². The molecule has 5 heteroatoms. The Bertz CT molecular complexity index is 272. The van der Waals surface area contributed by atoms with Gasteiger partial charge in [-0.2, -0.15) is 25.3 Å². The Balaban J connectivity index is 2.58. The van der Waals surface area contributed by atoms with Crippen LogP contribution in [0.1, 0.15) is 38.5 Å². The molecular formula is C11H18O3S2. The van der Waals surface area contributed by atoms with Crippen molar-refractivity contribution < 1.29 is 14.7 Å². The highest BCUT2D eigenvalue weighted by Crippen LogP contribution is 2.37. The smallest absolute Gasteiger partial charge is 0.314 e. The lowest BCUT2D eigenvalue weighted by atomic mass is 9.83. The molecule has 0 amide bonds. The molecule has 1 aliphatic carbocycles. The van der Waals surface area contributed by atoms with Gasteiger partial charge in [0.25, 0.3) is 0 Å². The van der Waals surface area contributed by atoms with Crippen molar-refractivity contribution in [3.05, 3.63) is 0 Å². The maximum atomic E-state index is 11.8. The lowest BCUT2D eigenvalue weighted by Gasteiger charge is -2.32. The Kier molecular flexibility index (Phi) is 5.18. The lowest BCUT2D eigenvalue weighted by molar-refractivity contribution is -0.145. The van der Waals surface area contributed by atoms with Gasteiger partial charge < -0.3 is 5.11 Å². The highest BCUT2D eigenvalue weighted by molar-refractivity contribution is 7.81. The van der Waals surface area contributed by atoms with Crippen molar-refractivity contribution in [2.24, 2.45) is 5.92 Å². The van der Waals surface area contributed by atoms with E-state index in [4.69, 9.17) is 5.11 Å². The minimum atomic E-state index is -1.08. The summed E-state index contributed by atoms with van der Waals surface area (Å²) in [4.78, 5) is 22.6. The van der Waals surface area contributed by atoms with Gasteiger partial charge in [0.2, 0.25) is 0 Å². The minimum Gasteiger partial charge on any atom is -0.481 e. The van der Waals surface area contributed by atoms with E-state index in [2.05, 4.69) is 25.3 Å². The molecule has 16 heavy (non-hydrogen) atoms. The molecule has 1 unspecified atom stereocenters. The lowest BCUT2D eigenvalue weighted by Crippen LogP contribution is -2.34. The predicted molar refractivity (Wildman–Crippen MR) is 69.4 cm³/mol. The SMILES string of the molecule is O=C(O)C(CS)C(=O)CC1(S)CCCCC1. The fourth-order valence-corrected chi connectivity index (χ4v) is 2.98. The van der Waals surface area contributed by atoms with Crippen molar-refractivity contribution in [1.29, 1.82) is 0 Å². The van der Waals surface area contributed by atoms with Crippen LogP contribution in [0.5, 0.6) is 0 Å². The molecule has 0 aromatic heterocycles. The minimum absolute atomic E-state index is 0.0675. The van der Waals surface area contributed by atoms with Crippen LogP contribution in [-0.2, 0) is 9.59 Å². The monoisotopic (exact) mass is 262 g/mol. The summed E-state index contributed by atoms with van der Waals surface area (Å²) in [6.07, 6.45) is 5.41. The first kappa shape index (κ1) is 13.9. The molecule has 0 radical (unpaired) electrons. The van der Waals surface area contributed by atoms with E-state index in [0.29, 0.717) is 0 Å². The zero-order valence-electron chi connectivity index (χ0n) is 9.19. The largest absolute Gasteiger partial charge is 0.481 e. The first-order valence-corrected chi connectivity index (χ1v) is 6.65. The van der Waals surface area contributed by atoms with Crippen molar-refractivity contribution in [3.63, 3.8) is 0 Å². The van der Waals surface area contributed by atoms with Crippen LogP contribution in [0.3, 0.4) is 0 Å². The van der Waals surface area contributed by atoms with Crippen LogP contribution in [-0.4, -0.2) is 27.4 Å². The Labute approximate surface area is 107 Å². The van der Waals surface area contributed by atoms with E-state index >= 15 is 0 Å². The number of hydrogen-bond donors (Lipinski definition) is 3. The van der Waals surface area contributed by atoms with Crippen LogP contribution < -0.4 is 0 Å². The molecule has 0 aromatic carbocycles. The first-order valence-electron chi connectivity index (χ1n) is 5.57. The number of carboxylic acid groups (broad SMARTS) is 1. The van der Waals surface area contributed by atoms with E-state index in [1.54, 1.807) is 0 Å². The van der Waals surface area contributed by atoms with Gasteiger partial charge in [-0.05, 0) is 12.8 Å². The maximum Gasteiger partial charge on any atom is 0.314 e. The van der Waals surface area contributed by atoms with E-state index in [1.807, 2.05) is 0 Å². The van der Waals surface area contributed by atoms with Gasteiger partial charge in [0, 0.05) is 16.9 Å².